The molecule has 0 fully saturated rings. The lowest BCUT2D eigenvalue weighted by Gasteiger charge is -2.21. The summed E-state index contributed by atoms with van der Waals surface area (Å²) in [4.78, 5) is 32.0. The van der Waals surface area contributed by atoms with E-state index in [0.717, 1.165) is 21.9 Å². The average Bonchev–Trinajstić information content (AvgIpc) is 2.66. The van der Waals surface area contributed by atoms with E-state index < -0.39 is 0 Å². The smallest absolute Gasteiger partial charge is 0.274 e. The van der Waals surface area contributed by atoms with Gasteiger partial charge in [-0.05, 0) is 35.2 Å². The molecule has 140 valence electrons. The van der Waals surface area contributed by atoms with Crippen molar-refractivity contribution in [2.45, 2.75) is 26.2 Å². The first-order valence-corrected chi connectivity index (χ1v) is 9.16. The molecule has 0 saturated carbocycles. The van der Waals surface area contributed by atoms with Crippen LogP contribution in [-0.2, 0) is 5.41 Å². The van der Waals surface area contributed by atoms with Crippen molar-refractivity contribution in [2.24, 2.45) is 0 Å². The minimum Gasteiger partial charge on any atom is -0.322 e. The van der Waals surface area contributed by atoms with Gasteiger partial charge in [-0.3, -0.25) is 9.59 Å². The second kappa shape index (κ2) is 6.60. The SMILES string of the molecule is CC(C)(C)c1cc(=O)[nH]c2cc(NC(=O)c3ccc4ccccc4n3)ccc12. The monoisotopic (exact) mass is 371 g/mol. The van der Waals surface area contributed by atoms with Crippen LogP contribution in [0.25, 0.3) is 21.8 Å². The van der Waals surface area contributed by atoms with Gasteiger partial charge in [-0.2, -0.15) is 0 Å². The third kappa shape index (κ3) is 3.39. The Bertz CT molecular complexity index is 1270. The van der Waals surface area contributed by atoms with Crippen molar-refractivity contribution in [3.8, 4) is 0 Å². The summed E-state index contributed by atoms with van der Waals surface area (Å²) in [5.74, 6) is -0.292. The molecular weight excluding hydrogens is 350 g/mol. The lowest BCUT2D eigenvalue weighted by molar-refractivity contribution is 0.102. The molecule has 0 spiro atoms. The van der Waals surface area contributed by atoms with Gasteiger partial charge < -0.3 is 10.3 Å². The number of hydrogen-bond acceptors (Lipinski definition) is 3. The maximum atomic E-state index is 12.6. The minimum atomic E-state index is -0.292. The summed E-state index contributed by atoms with van der Waals surface area (Å²) < 4.78 is 0. The van der Waals surface area contributed by atoms with Crippen LogP contribution in [0.15, 0.2) is 65.5 Å². The van der Waals surface area contributed by atoms with Gasteiger partial charge in [-0.1, -0.05) is 51.1 Å². The standard InChI is InChI=1S/C23H21N3O2/c1-23(2,3)17-13-21(27)26-20-12-15(9-10-16(17)20)24-22(28)19-11-8-14-6-4-5-7-18(14)25-19/h4-13H,1-3H3,(H,24,28)(H,26,27). The van der Waals surface area contributed by atoms with Crippen LogP contribution in [-0.4, -0.2) is 15.9 Å². The molecule has 0 atom stereocenters. The van der Waals surface area contributed by atoms with E-state index in [-0.39, 0.29) is 16.9 Å². The molecule has 2 N–H and O–H groups in total. The van der Waals surface area contributed by atoms with E-state index in [1.165, 1.54) is 0 Å². The first kappa shape index (κ1) is 17.9. The van der Waals surface area contributed by atoms with Crippen LogP contribution in [0.2, 0.25) is 0 Å². The van der Waals surface area contributed by atoms with Crippen molar-refractivity contribution in [1.82, 2.24) is 9.97 Å². The van der Waals surface area contributed by atoms with Gasteiger partial charge in [-0.15, -0.1) is 0 Å². The quantitative estimate of drug-likeness (QED) is 0.540. The fourth-order valence-corrected chi connectivity index (χ4v) is 3.35. The Morgan fingerprint density at radius 3 is 2.57 bits per heavy atom. The number of fused-ring (bicyclic) bond motifs is 2. The number of carbonyl (C=O) groups excluding carboxylic acids is 1. The van der Waals surface area contributed by atoms with Crippen LogP contribution in [0.1, 0.15) is 36.8 Å². The molecule has 2 heterocycles. The molecule has 0 unspecified atom stereocenters. The van der Waals surface area contributed by atoms with Crippen LogP contribution < -0.4 is 10.9 Å². The Kier molecular flexibility index (Phi) is 4.23. The Balaban J connectivity index is 1.69. The molecule has 28 heavy (non-hydrogen) atoms. The molecule has 4 rings (SSSR count). The normalized spacial score (nSPS) is 11.7. The summed E-state index contributed by atoms with van der Waals surface area (Å²) in [6.45, 7) is 6.22. The van der Waals surface area contributed by atoms with Gasteiger partial charge in [0.15, 0.2) is 0 Å². The number of benzene rings is 2. The topological polar surface area (TPSA) is 74.8 Å². The first-order valence-electron chi connectivity index (χ1n) is 9.16. The molecule has 2 aromatic heterocycles. The van der Waals surface area contributed by atoms with Gasteiger partial charge in [-0.25, -0.2) is 4.98 Å². The number of hydrogen-bond donors (Lipinski definition) is 2. The number of para-hydroxylation sites is 1. The highest BCUT2D eigenvalue weighted by Crippen LogP contribution is 2.29. The van der Waals surface area contributed by atoms with Crippen molar-refractivity contribution in [3.05, 3.63) is 82.3 Å². The van der Waals surface area contributed by atoms with E-state index >= 15 is 0 Å². The number of pyridine rings is 2. The highest BCUT2D eigenvalue weighted by molar-refractivity contribution is 6.05. The third-order valence-corrected chi connectivity index (χ3v) is 4.74. The van der Waals surface area contributed by atoms with E-state index in [2.05, 4.69) is 36.1 Å². The molecular formula is C23H21N3O2. The van der Waals surface area contributed by atoms with Crippen LogP contribution in [0.3, 0.4) is 0 Å². The number of nitrogens with zero attached hydrogens (tertiary/aromatic N) is 1. The fraction of sp³-hybridized carbons (Fsp3) is 0.174. The third-order valence-electron chi connectivity index (χ3n) is 4.74. The Hall–Kier alpha value is -3.47. The molecule has 4 aromatic rings. The number of aromatic amines is 1. The molecule has 0 aliphatic heterocycles. The number of H-pyrrole nitrogens is 1. The number of carbonyl (C=O) groups is 1. The molecule has 0 saturated heterocycles. The van der Waals surface area contributed by atoms with E-state index in [9.17, 15) is 9.59 Å². The largest absolute Gasteiger partial charge is 0.322 e. The Morgan fingerprint density at radius 2 is 1.79 bits per heavy atom. The lowest BCUT2D eigenvalue weighted by atomic mass is 9.85. The van der Waals surface area contributed by atoms with Gasteiger partial charge in [0.05, 0.1) is 11.0 Å². The van der Waals surface area contributed by atoms with Gasteiger partial charge in [0, 0.05) is 22.5 Å². The van der Waals surface area contributed by atoms with Crippen LogP contribution in [0.4, 0.5) is 5.69 Å². The van der Waals surface area contributed by atoms with Crippen molar-refractivity contribution in [2.75, 3.05) is 5.32 Å². The zero-order chi connectivity index (χ0) is 19.9. The second-order valence-corrected chi connectivity index (χ2v) is 7.90. The van der Waals surface area contributed by atoms with Crippen molar-refractivity contribution in [3.63, 3.8) is 0 Å². The van der Waals surface area contributed by atoms with Gasteiger partial charge >= 0.3 is 0 Å². The molecule has 2 aromatic carbocycles. The fourth-order valence-electron chi connectivity index (χ4n) is 3.35. The van der Waals surface area contributed by atoms with E-state index in [1.54, 1.807) is 18.2 Å². The molecule has 0 bridgehead atoms. The zero-order valence-corrected chi connectivity index (χ0v) is 16.0. The summed E-state index contributed by atoms with van der Waals surface area (Å²) in [7, 11) is 0. The predicted molar refractivity (Wildman–Crippen MR) is 113 cm³/mol. The predicted octanol–water partition coefficient (Wildman–Crippen LogP) is 4.63. The number of nitrogens with one attached hydrogen (secondary N) is 2. The molecule has 5 nitrogen and oxygen atoms in total. The Morgan fingerprint density at radius 1 is 1.00 bits per heavy atom. The van der Waals surface area contributed by atoms with Crippen molar-refractivity contribution < 1.29 is 4.79 Å². The van der Waals surface area contributed by atoms with Crippen LogP contribution >= 0.6 is 0 Å². The molecule has 1 amide bonds. The van der Waals surface area contributed by atoms with Gasteiger partial charge in [0.1, 0.15) is 5.69 Å². The maximum Gasteiger partial charge on any atom is 0.274 e. The van der Waals surface area contributed by atoms with E-state index in [4.69, 9.17) is 0 Å². The summed E-state index contributed by atoms with van der Waals surface area (Å²) in [5.41, 5.74) is 3.07. The number of aromatic nitrogens is 2. The minimum absolute atomic E-state index is 0.155. The lowest BCUT2D eigenvalue weighted by Crippen LogP contribution is -2.18. The molecule has 0 aliphatic rings. The molecule has 0 aliphatic carbocycles. The first-order chi connectivity index (χ1) is 13.3. The van der Waals surface area contributed by atoms with Gasteiger partial charge in [0.2, 0.25) is 5.56 Å². The van der Waals surface area contributed by atoms with Crippen molar-refractivity contribution >= 4 is 33.4 Å². The summed E-state index contributed by atoms with van der Waals surface area (Å²) in [5, 5.41) is 4.82. The number of anilines is 1. The second-order valence-electron chi connectivity index (χ2n) is 7.90. The van der Waals surface area contributed by atoms with E-state index in [1.807, 2.05) is 42.5 Å². The zero-order valence-electron chi connectivity index (χ0n) is 16.0. The highest BCUT2D eigenvalue weighted by Gasteiger charge is 2.18. The van der Waals surface area contributed by atoms with Crippen LogP contribution in [0, 0.1) is 0 Å². The average molecular weight is 371 g/mol. The number of rotatable bonds is 2. The van der Waals surface area contributed by atoms with E-state index in [0.29, 0.717) is 16.9 Å². The van der Waals surface area contributed by atoms with Gasteiger partial charge in [0.25, 0.3) is 5.91 Å². The summed E-state index contributed by atoms with van der Waals surface area (Å²) >= 11 is 0. The highest BCUT2D eigenvalue weighted by atomic mass is 16.2. The Labute approximate surface area is 162 Å². The summed E-state index contributed by atoms with van der Waals surface area (Å²) in [6.07, 6.45) is 0. The maximum absolute atomic E-state index is 12.6. The van der Waals surface area contributed by atoms with Crippen molar-refractivity contribution in [1.29, 1.82) is 0 Å². The summed E-state index contributed by atoms with van der Waals surface area (Å²) in [6, 6.07) is 18.4. The number of amides is 1. The molecule has 0 radical (unpaired) electrons. The van der Waals surface area contributed by atoms with Crippen LogP contribution in [0.5, 0.6) is 0 Å². The molecule has 5 heteroatoms.